The van der Waals surface area contributed by atoms with Crippen molar-refractivity contribution >= 4 is 29.1 Å². The predicted octanol–water partition coefficient (Wildman–Crippen LogP) is 1.62. The number of nitrogens with one attached hydrogen (secondary N) is 1. The highest BCUT2D eigenvalue weighted by Gasteiger charge is 2.24. The van der Waals surface area contributed by atoms with E-state index in [-0.39, 0.29) is 11.5 Å². The van der Waals surface area contributed by atoms with Gasteiger partial charge in [0.2, 0.25) is 11.6 Å². The Hall–Kier alpha value is -1.57. The molecule has 0 bridgehead atoms. The molecule has 0 fully saturated rings. The molecule has 8 heteroatoms. The van der Waals surface area contributed by atoms with E-state index in [0.29, 0.717) is 18.9 Å². The van der Waals surface area contributed by atoms with Crippen LogP contribution in [0.3, 0.4) is 0 Å². The molecule has 0 atom stereocenters. The molecule has 100 valence electrons. The predicted molar refractivity (Wildman–Crippen MR) is 74.5 cm³/mol. The number of anilines is 2. The van der Waals surface area contributed by atoms with Crippen LogP contribution in [0.5, 0.6) is 0 Å². The van der Waals surface area contributed by atoms with Crippen molar-refractivity contribution in [1.29, 1.82) is 0 Å². The van der Waals surface area contributed by atoms with Gasteiger partial charge >= 0.3 is 5.69 Å². The molecule has 0 aliphatic rings. The Labute approximate surface area is 110 Å². The van der Waals surface area contributed by atoms with Crippen molar-refractivity contribution in [2.45, 2.75) is 6.92 Å². The van der Waals surface area contributed by atoms with Crippen LogP contribution in [0, 0.1) is 10.1 Å². The van der Waals surface area contributed by atoms with Gasteiger partial charge in [-0.05, 0) is 13.2 Å². The Morgan fingerprint density at radius 2 is 2.28 bits per heavy atom. The van der Waals surface area contributed by atoms with Gasteiger partial charge < -0.3 is 10.2 Å². The monoisotopic (exact) mass is 271 g/mol. The van der Waals surface area contributed by atoms with Gasteiger partial charge in [-0.2, -0.15) is 11.8 Å². The van der Waals surface area contributed by atoms with Crippen LogP contribution in [0.1, 0.15) is 6.92 Å². The van der Waals surface area contributed by atoms with Crippen molar-refractivity contribution < 1.29 is 4.92 Å². The van der Waals surface area contributed by atoms with Gasteiger partial charge in [0.15, 0.2) is 0 Å². The van der Waals surface area contributed by atoms with E-state index in [1.165, 1.54) is 6.33 Å². The van der Waals surface area contributed by atoms with E-state index in [1.807, 2.05) is 13.2 Å². The highest BCUT2D eigenvalue weighted by Crippen LogP contribution is 2.30. The zero-order valence-corrected chi connectivity index (χ0v) is 11.5. The fourth-order valence-corrected chi connectivity index (χ4v) is 1.90. The van der Waals surface area contributed by atoms with Crippen molar-refractivity contribution in [2.24, 2.45) is 0 Å². The van der Waals surface area contributed by atoms with Gasteiger partial charge in [0.1, 0.15) is 6.33 Å². The molecule has 0 aliphatic heterocycles. The fourth-order valence-electron chi connectivity index (χ4n) is 1.45. The molecule has 0 amide bonds. The summed E-state index contributed by atoms with van der Waals surface area (Å²) in [7, 11) is 1.79. The first-order valence-corrected chi connectivity index (χ1v) is 6.94. The third-order valence-corrected chi connectivity index (χ3v) is 2.91. The molecule has 1 aromatic heterocycles. The van der Waals surface area contributed by atoms with Crippen LogP contribution in [0.25, 0.3) is 0 Å². The number of hydrogen-bond donors (Lipinski definition) is 1. The zero-order valence-electron chi connectivity index (χ0n) is 10.7. The Bertz CT molecular complexity index is 415. The van der Waals surface area contributed by atoms with E-state index in [4.69, 9.17) is 0 Å². The smallest absolute Gasteiger partial charge is 0.353 e. The summed E-state index contributed by atoms with van der Waals surface area (Å²) in [4.78, 5) is 20.4. The van der Waals surface area contributed by atoms with E-state index >= 15 is 0 Å². The van der Waals surface area contributed by atoms with Gasteiger partial charge in [-0.1, -0.05) is 0 Å². The number of thioether (sulfide) groups is 1. The molecule has 1 rings (SSSR count). The molecule has 0 aliphatic carbocycles. The normalized spacial score (nSPS) is 10.2. The van der Waals surface area contributed by atoms with Crippen molar-refractivity contribution in [3.63, 3.8) is 0 Å². The second-order valence-electron chi connectivity index (χ2n) is 3.60. The van der Waals surface area contributed by atoms with Gasteiger partial charge in [0.25, 0.3) is 0 Å². The van der Waals surface area contributed by atoms with Gasteiger partial charge in [-0.15, -0.1) is 0 Å². The molecule has 1 N–H and O–H groups in total. The summed E-state index contributed by atoms with van der Waals surface area (Å²) < 4.78 is 0. The first-order chi connectivity index (χ1) is 8.61. The third-order valence-electron chi connectivity index (χ3n) is 2.32. The minimum absolute atomic E-state index is 0.0667. The maximum Gasteiger partial charge on any atom is 0.353 e. The minimum atomic E-state index is -0.442. The average Bonchev–Trinajstić information content (AvgIpc) is 2.35. The van der Waals surface area contributed by atoms with Crippen LogP contribution in [-0.4, -0.2) is 47.0 Å². The lowest BCUT2D eigenvalue weighted by atomic mass is 10.4. The van der Waals surface area contributed by atoms with Crippen molar-refractivity contribution in [3.05, 3.63) is 16.4 Å². The summed E-state index contributed by atoms with van der Waals surface area (Å²) in [6.45, 7) is 3.14. The first kappa shape index (κ1) is 14.5. The van der Waals surface area contributed by atoms with E-state index in [9.17, 15) is 10.1 Å². The molecule has 0 unspecified atom stereocenters. The topological polar surface area (TPSA) is 84.2 Å². The van der Waals surface area contributed by atoms with Gasteiger partial charge in [-0.25, -0.2) is 9.97 Å². The summed E-state index contributed by atoms with van der Waals surface area (Å²) in [6, 6.07) is 0. The molecule has 7 nitrogen and oxygen atoms in total. The third kappa shape index (κ3) is 3.46. The van der Waals surface area contributed by atoms with E-state index in [0.717, 1.165) is 5.75 Å². The summed E-state index contributed by atoms with van der Waals surface area (Å²) >= 11 is 1.68. The maximum atomic E-state index is 11.1. The summed E-state index contributed by atoms with van der Waals surface area (Å²) in [6.07, 6.45) is 3.34. The molecule has 18 heavy (non-hydrogen) atoms. The van der Waals surface area contributed by atoms with Crippen molar-refractivity contribution in [2.75, 3.05) is 42.4 Å². The molecule has 0 spiro atoms. The summed E-state index contributed by atoms with van der Waals surface area (Å²) in [5.41, 5.74) is -0.0667. The average molecular weight is 271 g/mol. The molecule has 0 aromatic carbocycles. The Morgan fingerprint density at radius 3 is 2.83 bits per heavy atom. The number of nitrogens with zero attached hydrogens (tertiary/aromatic N) is 4. The molecule has 0 saturated carbocycles. The molecule has 1 aromatic rings. The van der Waals surface area contributed by atoms with E-state index < -0.39 is 4.92 Å². The standard InChI is InChI=1S/C10H17N5O2S/c1-4-11-9-8(15(16)17)10(13-7-12-9)14(2)5-6-18-3/h7H,4-6H2,1-3H3,(H,11,12,13). The Kier molecular flexibility index (Phi) is 5.63. The van der Waals surface area contributed by atoms with Crippen LogP contribution >= 0.6 is 11.8 Å². The van der Waals surface area contributed by atoms with Crippen molar-refractivity contribution in [1.82, 2.24) is 9.97 Å². The molecular weight excluding hydrogens is 254 g/mol. The summed E-state index contributed by atoms with van der Waals surface area (Å²) in [5, 5.41) is 14.0. The van der Waals surface area contributed by atoms with Crippen LogP contribution in [0.15, 0.2) is 6.33 Å². The van der Waals surface area contributed by atoms with Gasteiger partial charge in [0, 0.05) is 25.9 Å². The first-order valence-electron chi connectivity index (χ1n) is 5.55. The lowest BCUT2D eigenvalue weighted by Crippen LogP contribution is -2.23. The SMILES string of the molecule is CCNc1ncnc(N(C)CCSC)c1[N+](=O)[O-]. The lowest BCUT2D eigenvalue weighted by molar-refractivity contribution is -0.383. The lowest BCUT2D eigenvalue weighted by Gasteiger charge is -2.17. The highest BCUT2D eigenvalue weighted by molar-refractivity contribution is 7.98. The van der Waals surface area contributed by atoms with E-state index in [1.54, 1.807) is 23.7 Å². The zero-order chi connectivity index (χ0) is 13.5. The molecule has 1 heterocycles. The number of hydrogen-bond acceptors (Lipinski definition) is 7. The molecule has 0 radical (unpaired) electrons. The molecule has 0 saturated heterocycles. The van der Waals surface area contributed by atoms with Gasteiger partial charge in [-0.3, -0.25) is 10.1 Å². The number of aromatic nitrogens is 2. The van der Waals surface area contributed by atoms with Crippen LogP contribution in [-0.2, 0) is 0 Å². The number of rotatable bonds is 7. The maximum absolute atomic E-state index is 11.1. The van der Waals surface area contributed by atoms with Crippen LogP contribution in [0.2, 0.25) is 0 Å². The van der Waals surface area contributed by atoms with Crippen LogP contribution in [0.4, 0.5) is 17.3 Å². The highest BCUT2D eigenvalue weighted by atomic mass is 32.2. The summed E-state index contributed by atoms with van der Waals surface area (Å²) in [5.74, 6) is 1.50. The van der Waals surface area contributed by atoms with Crippen molar-refractivity contribution in [3.8, 4) is 0 Å². The largest absolute Gasteiger partial charge is 0.364 e. The van der Waals surface area contributed by atoms with Gasteiger partial charge in [0.05, 0.1) is 4.92 Å². The fraction of sp³-hybridized carbons (Fsp3) is 0.600. The second kappa shape index (κ2) is 7.00. The van der Waals surface area contributed by atoms with Crippen LogP contribution < -0.4 is 10.2 Å². The Balaban J connectivity index is 3.09. The quantitative estimate of drug-likeness (QED) is 0.595. The second-order valence-corrected chi connectivity index (χ2v) is 4.58. The minimum Gasteiger partial charge on any atom is -0.364 e. The van der Waals surface area contributed by atoms with E-state index in [2.05, 4.69) is 15.3 Å². The Morgan fingerprint density at radius 1 is 1.56 bits per heavy atom. The number of nitro groups is 1. The molecular formula is C10H17N5O2S.